The molecule has 0 aliphatic carbocycles. The van der Waals surface area contributed by atoms with Crippen LogP contribution >= 0.6 is 0 Å². The number of nitrogens with zero attached hydrogens (tertiary/aromatic N) is 3. The molecule has 1 amide bonds. The highest BCUT2D eigenvalue weighted by molar-refractivity contribution is 5.96. The van der Waals surface area contributed by atoms with Gasteiger partial charge in [0.05, 0.1) is 5.52 Å². The zero-order valence-electron chi connectivity index (χ0n) is 17.7. The quantitative estimate of drug-likeness (QED) is 0.360. The van der Waals surface area contributed by atoms with E-state index in [-0.39, 0.29) is 12.5 Å². The van der Waals surface area contributed by atoms with Gasteiger partial charge in [-0.3, -0.25) is 4.79 Å². The Morgan fingerprint density at radius 1 is 1.06 bits per heavy atom. The molecule has 4 rings (SSSR count). The molecule has 1 aromatic heterocycles. The van der Waals surface area contributed by atoms with E-state index in [2.05, 4.69) is 17.2 Å². The Balaban J connectivity index is 1.55. The first-order valence-electron chi connectivity index (χ1n) is 10.5. The van der Waals surface area contributed by atoms with Crippen molar-refractivity contribution in [3.05, 3.63) is 66.2 Å². The summed E-state index contributed by atoms with van der Waals surface area (Å²) < 4.78 is 7.52. The van der Waals surface area contributed by atoms with Crippen molar-refractivity contribution < 1.29 is 14.6 Å². The number of hydrogen-bond acceptors (Lipinski definition) is 4. The maximum atomic E-state index is 12.3. The molecular formula is C25H25N3O3. The van der Waals surface area contributed by atoms with Crippen LogP contribution in [0.2, 0.25) is 0 Å². The van der Waals surface area contributed by atoms with Gasteiger partial charge in [-0.15, -0.1) is 10.2 Å². The first-order valence-corrected chi connectivity index (χ1v) is 10.5. The summed E-state index contributed by atoms with van der Waals surface area (Å²) >= 11 is 0. The van der Waals surface area contributed by atoms with Gasteiger partial charge in [-0.05, 0) is 36.9 Å². The number of carbonyl (C=O) groups excluding carboxylic acids is 1. The molecular weight excluding hydrogens is 390 g/mol. The summed E-state index contributed by atoms with van der Waals surface area (Å²) in [6.07, 6.45) is 1.94. The molecule has 31 heavy (non-hydrogen) atoms. The van der Waals surface area contributed by atoms with Crippen molar-refractivity contribution in [1.82, 2.24) is 4.57 Å². The average molecular weight is 415 g/mol. The molecule has 1 heterocycles. The van der Waals surface area contributed by atoms with E-state index in [1.807, 2.05) is 72.2 Å². The van der Waals surface area contributed by atoms with Crippen molar-refractivity contribution in [2.75, 3.05) is 6.61 Å². The molecule has 0 bridgehead atoms. The minimum Gasteiger partial charge on any atom is -0.493 e. The molecule has 158 valence electrons. The molecule has 0 fully saturated rings. The minimum absolute atomic E-state index is 0.0283. The van der Waals surface area contributed by atoms with Crippen LogP contribution in [-0.4, -0.2) is 22.2 Å². The molecule has 0 atom stereocenters. The van der Waals surface area contributed by atoms with E-state index in [1.165, 1.54) is 0 Å². The average Bonchev–Trinajstić information content (AvgIpc) is 3.04. The monoisotopic (exact) mass is 415 g/mol. The van der Waals surface area contributed by atoms with Gasteiger partial charge in [0.1, 0.15) is 5.75 Å². The molecule has 0 aliphatic rings. The summed E-state index contributed by atoms with van der Waals surface area (Å²) in [5, 5.41) is 21.4. The van der Waals surface area contributed by atoms with Gasteiger partial charge in [0.15, 0.2) is 12.3 Å². The van der Waals surface area contributed by atoms with Gasteiger partial charge in [0.2, 0.25) is 5.88 Å². The van der Waals surface area contributed by atoms with Crippen LogP contribution in [0.15, 0.2) is 70.9 Å². The predicted octanol–water partition coefficient (Wildman–Crippen LogP) is 6.30. The van der Waals surface area contributed by atoms with Gasteiger partial charge >= 0.3 is 5.91 Å². The third kappa shape index (κ3) is 4.28. The number of benzene rings is 3. The van der Waals surface area contributed by atoms with E-state index in [4.69, 9.17) is 4.74 Å². The number of azo groups is 1. The second-order valence-electron chi connectivity index (χ2n) is 7.56. The number of aryl methyl sites for hydroxylation is 2. The third-order valence-electron chi connectivity index (χ3n) is 5.26. The summed E-state index contributed by atoms with van der Waals surface area (Å²) in [5.74, 6) is 0.131. The molecule has 1 N–H and O–H groups in total. The SMILES string of the molecule is CCCCn1c(O)c(N=NC(=O)COc2cccc3ccccc23)c2cc(C)ccc21. The van der Waals surface area contributed by atoms with Gasteiger partial charge in [0, 0.05) is 17.3 Å². The maximum Gasteiger partial charge on any atom is 0.302 e. The lowest BCUT2D eigenvalue weighted by Crippen LogP contribution is -2.08. The zero-order valence-corrected chi connectivity index (χ0v) is 17.7. The summed E-state index contributed by atoms with van der Waals surface area (Å²) in [6.45, 7) is 4.52. The Morgan fingerprint density at radius 2 is 1.87 bits per heavy atom. The van der Waals surface area contributed by atoms with Crippen LogP contribution < -0.4 is 4.74 Å². The van der Waals surface area contributed by atoms with Crippen molar-refractivity contribution in [2.24, 2.45) is 10.2 Å². The molecule has 0 saturated carbocycles. The maximum absolute atomic E-state index is 12.3. The molecule has 0 saturated heterocycles. The van der Waals surface area contributed by atoms with Gasteiger partial charge in [-0.25, -0.2) is 0 Å². The van der Waals surface area contributed by atoms with Crippen LogP contribution in [0.3, 0.4) is 0 Å². The van der Waals surface area contributed by atoms with E-state index >= 15 is 0 Å². The highest BCUT2D eigenvalue weighted by Gasteiger charge is 2.17. The van der Waals surface area contributed by atoms with Crippen LogP contribution in [0.5, 0.6) is 11.6 Å². The van der Waals surface area contributed by atoms with Crippen LogP contribution in [0.1, 0.15) is 25.3 Å². The Labute approximate surface area is 180 Å². The minimum atomic E-state index is -0.519. The fourth-order valence-electron chi connectivity index (χ4n) is 3.67. The second kappa shape index (κ2) is 9.00. The molecule has 6 nitrogen and oxygen atoms in total. The van der Waals surface area contributed by atoms with E-state index in [0.717, 1.165) is 40.1 Å². The van der Waals surface area contributed by atoms with Crippen molar-refractivity contribution in [2.45, 2.75) is 33.2 Å². The molecule has 0 radical (unpaired) electrons. The zero-order chi connectivity index (χ0) is 21.8. The van der Waals surface area contributed by atoms with Gasteiger partial charge in [-0.2, -0.15) is 0 Å². The lowest BCUT2D eigenvalue weighted by molar-refractivity contribution is -0.120. The van der Waals surface area contributed by atoms with E-state index in [1.54, 1.807) is 0 Å². The molecule has 4 aromatic rings. The Hall–Kier alpha value is -3.67. The lowest BCUT2D eigenvalue weighted by atomic mass is 10.1. The predicted molar refractivity (Wildman–Crippen MR) is 122 cm³/mol. The number of hydrogen-bond donors (Lipinski definition) is 1. The third-order valence-corrected chi connectivity index (χ3v) is 5.26. The van der Waals surface area contributed by atoms with E-state index in [0.29, 0.717) is 18.0 Å². The molecule has 0 unspecified atom stereocenters. The number of carbonyl (C=O) groups is 1. The molecule has 0 aliphatic heterocycles. The highest BCUT2D eigenvalue weighted by Crippen LogP contribution is 2.39. The number of aromatic hydroxyl groups is 1. The van der Waals surface area contributed by atoms with Crippen LogP contribution in [0, 0.1) is 6.92 Å². The van der Waals surface area contributed by atoms with Crippen LogP contribution in [-0.2, 0) is 11.3 Å². The standard InChI is InChI=1S/C25H25N3O3/c1-3-4-14-28-21-13-12-17(2)15-20(21)24(25(28)30)27-26-23(29)16-31-22-11-7-9-18-8-5-6-10-19(18)22/h5-13,15,30H,3-4,14,16H2,1-2H3. The number of rotatable bonds is 7. The van der Waals surface area contributed by atoms with Gasteiger partial charge in [-0.1, -0.05) is 61.4 Å². The smallest absolute Gasteiger partial charge is 0.302 e. The van der Waals surface area contributed by atoms with Crippen molar-refractivity contribution in [3.63, 3.8) is 0 Å². The number of aromatic nitrogens is 1. The van der Waals surface area contributed by atoms with E-state index < -0.39 is 5.91 Å². The lowest BCUT2D eigenvalue weighted by Gasteiger charge is -2.07. The first-order chi connectivity index (χ1) is 15.1. The fourth-order valence-corrected chi connectivity index (χ4v) is 3.67. The summed E-state index contributed by atoms with van der Waals surface area (Å²) in [4.78, 5) is 12.3. The number of amides is 1. The summed E-state index contributed by atoms with van der Waals surface area (Å²) in [6, 6.07) is 19.4. The van der Waals surface area contributed by atoms with Crippen LogP contribution in [0.25, 0.3) is 21.7 Å². The first kappa shape index (κ1) is 20.6. The normalized spacial score (nSPS) is 11.5. The Morgan fingerprint density at radius 3 is 2.71 bits per heavy atom. The molecule has 3 aromatic carbocycles. The van der Waals surface area contributed by atoms with Crippen LogP contribution in [0.4, 0.5) is 5.69 Å². The summed E-state index contributed by atoms with van der Waals surface area (Å²) in [5.41, 5.74) is 2.24. The van der Waals surface area contributed by atoms with Crippen molar-refractivity contribution in [1.29, 1.82) is 0 Å². The Bertz CT molecular complexity index is 1270. The van der Waals surface area contributed by atoms with Gasteiger partial charge < -0.3 is 14.4 Å². The van der Waals surface area contributed by atoms with Crippen molar-refractivity contribution in [3.8, 4) is 11.6 Å². The number of fused-ring (bicyclic) bond motifs is 2. The molecule has 6 heteroatoms. The largest absolute Gasteiger partial charge is 0.493 e. The number of ether oxygens (including phenoxy) is 1. The molecule has 0 spiro atoms. The van der Waals surface area contributed by atoms with E-state index in [9.17, 15) is 9.90 Å². The highest BCUT2D eigenvalue weighted by atomic mass is 16.5. The Kier molecular flexibility index (Phi) is 5.98. The van der Waals surface area contributed by atoms with Crippen molar-refractivity contribution >= 4 is 33.3 Å². The number of unbranched alkanes of at least 4 members (excludes halogenated alkanes) is 1. The second-order valence-corrected chi connectivity index (χ2v) is 7.56. The summed E-state index contributed by atoms with van der Waals surface area (Å²) in [7, 11) is 0. The topological polar surface area (TPSA) is 76.2 Å². The fraction of sp³-hybridized carbons (Fsp3) is 0.240. The van der Waals surface area contributed by atoms with Gasteiger partial charge in [0.25, 0.3) is 0 Å².